The number of hydrogen-bond donors (Lipinski definition) is 0. The summed E-state index contributed by atoms with van der Waals surface area (Å²) in [5, 5.41) is -0.880. The van der Waals surface area contributed by atoms with Gasteiger partial charge in [-0.25, -0.2) is 9.18 Å². The number of esters is 1. The average molecular weight is 504 g/mol. The van der Waals surface area contributed by atoms with E-state index in [2.05, 4.69) is 0 Å². The summed E-state index contributed by atoms with van der Waals surface area (Å²) < 4.78 is 64.3. The van der Waals surface area contributed by atoms with Crippen molar-refractivity contribution in [3.8, 4) is 0 Å². The molecule has 2 fully saturated rings. The minimum absolute atomic E-state index is 0.00251. The van der Waals surface area contributed by atoms with E-state index in [0.29, 0.717) is 12.8 Å². The molecule has 2 aliphatic rings. The molecule has 1 heterocycles. The van der Waals surface area contributed by atoms with Crippen LogP contribution in [0.15, 0.2) is 35.9 Å². The first-order valence-corrected chi connectivity index (χ1v) is 11.6. The smallest absolute Gasteiger partial charge is 0.436 e. The number of Topliss-reactive ketones (excluding diaryl/α,β-unsaturated/α-hetero) is 1. The molecule has 186 valence electrons. The molecule has 0 bridgehead atoms. The monoisotopic (exact) mass is 503 g/mol. The number of benzene rings is 1. The number of likely N-dealkylation sites (tertiary alicyclic amines) is 1. The molecule has 1 aromatic carbocycles. The number of piperidine rings is 1. The van der Waals surface area contributed by atoms with Gasteiger partial charge in [-0.2, -0.15) is 13.2 Å². The predicted octanol–water partition coefficient (Wildman–Crippen LogP) is 4.20. The lowest BCUT2D eigenvalue weighted by Gasteiger charge is -2.44. The molecule has 0 radical (unpaired) electrons. The molecule has 6 nitrogen and oxygen atoms in total. The van der Waals surface area contributed by atoms with E-state index in [4.69, 9.17) is 9.47 Å². The molecule has 11 heteroatoms. The Morgan fingerprint density at radius 3 is 2.44 bits per heavy atom. The zero-order valence-electron chi connectivity index (χ0n) is 18.6. The van der Waals surface area contributed by atoms with Crippen LogP contribution >= 0.6 is 11.8 Å². The van der Waals surface area contributed by atoms with Gasteiger partial charge in [-0.15, -0.1) is 0 Å². The number of hydrogen-bond acceptors (Lipinski definition) is 7. The van der Waals surface area contributed by atoms with Crippen LogP contribution in [0, 0.1) is 11.7 Å². The Morgan fingerprint density at radius 2 is 1.88 bits per heavy atom. The largest absolute Gasteiger partial charge is 0.490 e. The van der Waals surface area contributed by atoms with Crippen molar-refractivity contribution in [2.45, 2.75) is 49.9 Å². The Bertz CT molecular complexity index is 963. The second kappa shape index (κ2) is 11.0. The Labute approximate surface area is 198 Å². The highest BCUT2D eigenvalue weighted by Crippen LogP contribution is 2.43. The molecular weight excluding hydrogens is 478 g/mol. The summed E-state index contributed by atoms with van der Waals surface area (Å²) in [6.45, 7) is 1.29. The van der Waals surface area contributed by atoms with Crippen molar-refractivity contribution in [3.05, 3.63) is 47.3 Å². The number of halogens is 4. The summed E-state index contributed by atoms with van der Waals surface area (Å²) in [5.74, 6) is -3.82. The molecule has 1 aliphatic heterocycles. The van der Waals surface area contributed by atoms with E-state index in [1.165, 1.54) is 49.3 Å². The van der Waals surface area contributed by atoms with Gasteiger partial charge in [-0.1, -0.05) is 36.0 Å². The van der Waals surface area contributed by atoms with Crippen molar-refractivity contribution in [2.24, 2.45) is 5.92 Å². The summed E-state index contributed by atoms with van der Waals surface area (Å²) in [6, 6.07) is 4.28. The quantitative estimate of drug-likeness (QED) is 0.299. The molecule has 34 heavy (non-hydrogen) atoms. The maximum atomic E-state index is 14.8. The zero-order valence-corrected chi connectivity index (χ0v) is 19.5. The number of alkyl halides is 3. The minimum atomic E-state index is -5.29. The van der Waals surface area contributed by atoms with Crippen molar-refractivity contribution in [2.75, 3.05) is 20.3 Å². The van der Waals surface area contributed by atoms with Crippen LogP contribution in [0.2, 0.25) is 0 Å². The Kier molecular flexibility index (Phi) is 8.53. The second-order valence-corrected chi connectivity index (χ2v) is 9.52. The molecule has 3 unspecified atom stereocenters. The molecule has 3 rings (SSSR count). The SMILES string of the molecule is COC/C=C1\C(SC(C)=O)CCN(C(C(=O)C2CC2)c2ccccc2F)C1OC(=O)C(F)(F)F. The van der Waals surface area contributed by atoms with Gasteiger partial charge in [-0.3, -0.25) is 14.5 Å². The minimum Gasteiger partial charge on any atom is -0.436 e. The molecule has 1 saturated carbocycles. The summed E-state index contributed by atoms with van der Waals surface area (Å²) >= 11 is 0.891. The van der Waals surface area contributed by atoms with Crippen LogP contribution in [0.1, 0.15) is 37.8 Å². The normalized spacial score (nSPS) is 23.5. The first-order chi connectivity index (χ1) is 16.0. The molecule has 0 amide bonds. The lowest BCUT2D eigenvalue weighted by molar-refractivity contribution is -0.212. The van der Waals surface area contributed by atoms with E-state index in [1.54, 1.807) is 0 Å². The molecule has 0 N–H and O–H groups in total. The summed E-state index contributed by atoms with van der Waals surface area (Å²) in [7, 11) is 1.38. The lowest BCUT2D eigenvalue weighted by atomic mass is 9.92. The molecule has 0 spiro atoms. The van der Waals surface area contributed by atoms with E-state index in [1.807, 2.05) is 0 Å². The van der Waals surface area contributed by atoms with Crippen molar-refractivity contribution < 1.29 is 41.4 Å². The van der Waals surface area contributed by atoms with Crippen LogP contribution in [0.25, 0.3) is 0 Å². The van der Waals surface area contributed by atoms with Gasteiger partial charge in [0.2, 0.25) is 0 Å². The number of rotatable bonds is 8. The lowest BCUT2D eigenvalue weighted by Crippen LogP contribution is -2.52. The fraction of sp³-hybridized carbons (Fsp3) is 0.522. The number of carbonyl (C=O) groups excluding carboxylic acids is 3. The van der Waals surface area contributed by atoms with Gasteiger partial charge >= 0.3 is 12.1 Å². The van der Waals surface area contributed by atoms with Crippen LogP contribution in [0.5, 0.6) is 0 Å². The predicted molar refractivity (Wildman–Crippen MR) is 116 cm³/mol. The third-order valence-electron chi connectivity index (χ3n) is 5.63. The molecule has 1 aliphatic carbocycles. The number of carbonyl (C=O) groups is 3. The van der Waals surface area contributed by atoms with Gasteiger partial charge in [0.05, 0.1) is 6.61 Å². The van der Waals surface area contributed by atoms with E-state index in [0.717, 1.165) is 11.8 Å². The fourth-order valence-electron chi connectivity index (χ4n) is 3.99. The highest BCUT2D eigenvalue weighted by atomic mass is 32.2. The summed E-state index contributed by atoms with van der Waals surface area (Å²) in [5.41, 5.74) is 0.187. The second-order valence-electron chi connectivity index (χ2n) is 8.14. The van der Waals surface area contributed by atoms with Crippen LogP contribution in [0.3, 0.4) is 0 Å². The maximum absolute atomic E-state index is 14.8. The first kappa shape index (κ1) is 26.4. The zero-order chi connectivity index (χ0) is 25.0. The van der Waals surface area contributed by atoms with Crippen LogP contribution in [0.4, 0.5) is 17.6 Å². The van der Waals surface area contributed by atoms with Crippen LogP contribution in [-0.4, -0.2) is 59.7 Å². The van der Waals surface area contributed by atoms with Gasteiger partial charge in [0.1, 0.15) is 11.9 Å². The fourth-order valence-corrected chi connectivity index (χ4v) is 4.96. The van der Waals surface area contributed by atoms with Crippen molar-refractivity contribution in [1.29, 1.82) is 0 Å². The Hall–Kier alpha value is -2.24. The van der Waals surface area contributed by atoms with Crippen molar-refractivity contribution in [3.63, 3.8) is 0 Å². The Morgan fingerprint density at radius 1 is 1.21 bits per heavy atom. The van der Waals surface area contributed by atoms with Gasteiger partial charge in [0, 0.05) is 37.3 Å². The highest BCUT2D eigenvalue weighted by Gasteiger charge is 2.49. The van der Waals surface area contributed by atoms with Crippen LogP contribution in [-0.2, 0) is 23.9 Å². The first-order valence-electron chi connectivity index (χ1n) is 10.7. The van der Waals surface area contributed by atoms with Gasteiger partial charge in [-0.05, 0) is 30.9 Å². The topological polar surface area (TPSA) is 72.9 Å². The molecular formula is C23H25F4NO5S. The molecule has 1 saturated heterocycles. The number of ketones is 1. The third kappa shape index (κ3) is 6.25. The van der Waals surface area contributed by atoms with E-state index in [-0.39, 0.29) is 47.5 Å². The third-order valence-corrected chi connectivity index (χ3v) is 6.76. The number of methoxy groups -OCH3 is 1. The van der Waals surface area contributed by atoms with Gasteiger partial charge in [0.15, 0.2) is 17.1 Å². The highest BCUT2D eigenvalue weighted by molar-refractivity contribution is 8.14. The van der Waals surface area contributed by atoms with E-state index >= 15 is 0 Å². The van der Waals surface area contributed by atoms with Crippen molar-refractivity contribution in [1.82, 2.24) is 4.90 Å². The standard InChI is InChI=1S/C23H25F4NO5S/c1-13(29)34-18-9-11-28(21(16(18)10-12-32-2)33-22(31)23(25,26)27)19(20(30)14-7-8-14)15-5-3-4-6-17(15)24/h3-6,10,14,18-19,21H,7-9,11-12H2,1-2H3/b16-10+. The average Bonchev–Trinajstić information content (AvgIpc) is 3.60. The summed E-state index contributed by atoms with van der Waals surface area (Å²) in [6.07, 6.45) is -4.02. The molecule has 0 aromatic heterocycles. The van der Waals surface area contributed by atoms with Crippen molar-refractivity contribution >= 4 is 28.6 Å². The van der Waals surface area contributed by atoms with Gasteiger partial charge < -0.3 is 9.47 Å². The molecule has 3 atom stereocenters. The number of thioether (sulfide) groups is 1. The molecule has 1 aromatic rings. The maximum Gasteiger partial charge on any atom is 0.490 e. The van der Waals surface area contributed by atoms with Crippen LogP contribution < -0.4 is 0 Å². The number of ether oxygens (including phenoxy) is 2. The Balaban J connectivity index is 2.10. The summed E-state index contributed by atoms with van der Waals surface area (Å²) in [4.78, 5) is 38.3. The van der Waals surface area contributed by atoms with E-state index < -0.39 is 35.5 Å². The van der Waals surface area contributed by atoms with Gasteiger partial charge in [0.25, 0.3) is 0 Å². The van der Waals surface area contributed by atoms with E-state index in [9.17, 15) is 31.9 Å². The number of nitrogens with zero attached hydrogens (tertiary/aromatic N) is 1.